The van der Waals surface area contributed by atoms with Crippen molar-refractivity contribution >= 4 is 11.9 Å². The van der Waals surface area contributed by atoms with Gasteiger partial charge in [-0.15, -0.1) is 0 Å². The topological polar surface area (TPSA) is 67.9 Å². The van der Waals surface area contributed by atoms with Gasteiger partial charge in [0.2, 0.25) is 0 Å². The number of carbonyl (C=O) groups is 1. The normalized spacial score (nSPS) is 39.0. The largest absolute Gasteiger partial charge is 0.435 e. The van der Waals surface area contributed by atoms with E-state index in [1.165, 1.54) is 36.3 Å². The van der Waals surface area contributed by atoms with Crippen molar-refractivity contribution in [2.45, 2.75) is 50.7 Å². The predicted molar refractivity (Wildman–Crippen MR) is 99.7 cm³/mol. The van der Waals surface area contributed by atoms with Crippen LogP contribution < -0.4 is 10.5 Å². The third kappa shape index (κ3) is 2.34. The molecule has 4 bridgehead atoms. The number of halogens is 2. The number of alkyl halides is 2. The van der Waals surface area contributed by atoms with Crippen molar-refractivity contribution in [2.75, 3.05) is 7.05 Å². The van der Waals surface area contributed by atoms with Crippen LogP contribution >= 0.6 is 0 Å². The van der Waals surface area contributed by atoms with Crippen molar-refractivity contribution < 1.29 is 18.3 Å². The molecule has 1 atom stereocenters. The standard InChI is InChI=1S/C21H25F2N3O2/c1-26-17(27)21(25-19(26)24,15-2-4-16(5-3-15)28-18(22)23)20-9-12-6-13(10-20)8-14(7-12)11-20/h2-5,12-14,18H,6-11H2,1H3,(H2,24,25)/t12?,13?,14?,20?,21-/m0/s1. The van der Waals surface area contributed by atoms with Crippen molar-refractivity contribution in [3.63, 3.8) is 0 Å². The Balaban J connectivity index is 1.63. The highest BCUT2D eigenvalue weighted by Crippen LogP contribution is 2.67. The molecule has 6 rings (SSSR count). The minimum atomic E-state index is -2.88. The average molecular weight is 389 g/mol. The highest BCUT2D eigenvalue weighted by molar-refractivity contribution is 6.07. The fraction of sp³-hybridized carbons (Fsp3) is 0.619. The van der Waals surface area contributed by atoms with Crippen LogP contribution in [0.2, 0.25) is 0 Å². The van der Waals surface area contributed by atoms with E-state index in [1.54, 1.807) is 19.2 Å². The highest BCUT2D eigenvalue weighted by atomic mass is 19.3. The molecule has 1 heterocycles. The molecule has 1 aromatic carbocycles. The van der Waals surface area contributed by atoms with E-state index in [2.05, 4.69) is 4.74 Å². The van der Waals surface area contributed by atoms with Gasteiger partial charge in [0.15, 0.2) is 11.5 Å². The summed E-state index contributed by atoms with van der Waals surface area (Å²) < 4.78 is 29.6. The lowest BCUT2D eigenvalue weighted by atomic mass is 9.43. The Morgan fingerprint density at radius 3 is 2.07 bits per heavy atom. The van der Waals surface area contributed by atoms with Crippen LogP contribution in [0, 0.1) is 23.2 Å². The third-order valence-corrected chi connectivity index (χ3v) is 7.54. The Morgan fingerprint density at radius 2 is 1.64 bits per heavy atom. The number of guanidine groups is 1. The van der Waals surface area contributed by atoms with Crippen LogP contribution in [0.3, 0.4) is 0 Å². The molecule has 2 N–H and O–H groups in total. The van der Waals surface area contributed by atoms with Gasteiger partial charge in [-0.1, -0.05) is 12.1 Å². The summed E-state index contributed by atoms with van der Waals surface area (Å²) in [7, 11) is 1.66. The Labute approximate surface area is 162 Å². The summed E-state index contributed by atoms with van der Waals surface area (Å²) in [6.45, 7) is -2.88. The number of hydrogen-bond acceptors (Lipinski definition) is 4. The fourth-order valence-electron chi connectivity index (χ4n) is 6.91. The minimum Gasteiger partial charge on any atom is -0.435 e. The van der Waals surface area contributed by atoms with Crippen molar-refractivity contribution in [3.8, 4) is 5.75 Å². The van der Waals surface area contributed by atoms with Crippen molar-refractivity contribution in [1.82, 2.24) is 4.90 Å². The number of rotatable bonds is 4. The summed E-state index contributed by atoms with van der Waals surface area (Å²) in [6, 6.07) is 6.43. The van der Waals surface area contributed by atoms with E-state index < -0.39 is 12.2 Å². The molecule has 5 aliphatic rings. The molecule has 0 saturated heterocycles. The van der Waals surface area contributed by atoms with Crippen molar-refractivity contribution in [2.24, 2.45) is 33.9 Å². The van der Waals surface area contributed by atoms with Gasteiger partial charge < -0.3 is 10.5 Å². The SMILES string of the molecule is CN1C(=O)[C@@](c2ccc(OC(F)F)cc2)(C23CC4CC(CC(C4)C2)C3)N=C1N. The monoisotopic (exact) mass is 389 g/mol. The lowest BCUT2D eigenvalue weighted by molar-refractivity contribution is -0.149. The molecule has 28 heavy (non-hydrogen) atoms. The Morgan fingerprint density at radius 1 is 1.11 bits per heavy atom. The number of benzene rings is 1. The molecule has 1 amide bonds. The maximum atomic E-state index is 13.6. The van der Waals surface area contributed by atoms with E-state index in [0.717, 1.165) is 24.8 Å². The van der Waals surface area contributed by atoms with Gasteiger partial charge in [-0.05, 0) is 74.0 Å². The van der Waals surface area contributed by atoms with Crippen LogP contribution in [0.5, 0.6) is 5.75 Å². The van der Waals surface area contributed by atoms with E-state index in [-0.39, 0.29) is 23.0 Å². The number of ether oxygens (including phenoxy) is 1. The lowest BCUT2D eigenvalue weighted by Gasteiger charge is -2.61. The molecule has 150 valence electrons. The summed E-state index contributed by atoms with van der Waals surface area (Å²) in [5, 5.41) is 0. The second-order valence-corrected chi connectivity index (χ2v) is 9.15. The second kappa shape index (κ2) is 5.91. The Bertz CT molecular complexity index is 803. The molecule has 0 unspecified atom stereocenters. The zero-order chi connectivity index (χ0) is 19.7. The van der Waals surface area contributed by atoms with Crippen LogP contribution in [-0.2, 0) is 10.3 Å². The molecular weight excluding hydrogens is 364 g/mol. The number of amides is 1. The van der Waals surface area contributed by atoms with Crippen LogP contribution in [0.4, 0.5) is 8.78 Å². The maximum absolute atomic E-state index is 13.6. The zero-order valence-electron chi connectivity index (χ0n) is 15.9. The van der Waals surface area contributed by atoms with E-state index in [0.29, 0.717) is 17.8 Å². The van der Waals surface area contributed by atoms with Gasteiger partial charge >= 0.3 is 6.61 Å². The van der Waals surface area contributed by atoms with Crippen LogP contribution in [0.1, 0.15) is 44.1 Å². The average Bonchev–Trinajstić information content (AvgIpc) is 2.86. The Hall–Kier alpha value is -2.18. The number of aliphatic imine (C=N–C) groups is 1. The molecule has 1 aromatic rings. The molecule has 4 aliphatic carbocycles. The minimum absolute atomic E-state index is 0.0789. The van der Waals surface area contributed by atoms with E-state index in [9.17, 15) is 13.6 Å². The van der Waals surface area contributed by atoms with Gasteiger partial charge in [0.1, 0.15) is 5.75 Å². The quantitative estimate of drug-likeness (QED) is 0.857. The number of nitrogens with zero attached hydrogens (tertiary/aromatic N) is 2. The van der Waals surface area contributed by atoms with Gasteiger partial charge in [-0.25, -0.2) is 4.99 Å². The smallest absolute Gasteiger partial charge is 0.387 e. The van der Waals surface area contributed by atoms with E-state index >= 15 is 0 Å². The molecule has 5 nitrogen and oxygen atoms in total. The summed E-state index contributed by atoms with van der Waals surface area (Å²) in [6.07, 6.45) is 6.68. The van der Waals surface area contributed by atoms with Gasteiger partial charge in [-0.2, -0.15) is 8.78 Å². The van der Waals surface area contributed by atoms with Crippen LogP contribution in [-0.4, -0.2) is 30.4 Å². The summed E-state index contributed by atoms with van der Waals surface area (Å²) in [5.41, 5.74) is 5.54. The molecule has 4 fully saturated rings. The molecular formula is C21H25F2N3O2. The molecule has 1 aliphatic heterocycles. The first-order valence-electron chi connectivity index (χ1n) is 10.0. The maximum Gasteiger partial charge on any atom is 0.387 e. The van der Waals surface area contributed by atoms with Gasteiger partial charge in [0.25, 0.3) is 5.91 Å². The van der Waals surface area contributed by atoms with Crippen LogP contribution in [0.15, 0.2) is 29.3 Å². The van der Waals surface area contributed by atoms with E-state index in [4.69, 9.17) is 10.7 Å². The highest BCUT2D eigenvalue weighted by Gasteiger charge is 2.67. The molecule has 0 spiro atoms. The third-order valence-electron chi connectivity index (χ3n) is 7.54. The second-order valence-electron chi connectivity index (χ2n) is 9.15. The summed E-state index contributed by atoms with van der Waals surface area (Å²) in [5.74, 6) is 2.12. The number of carbonyl (C=O) groups excluding carboxylic acids is 1. The number of likely N-dealkylation sites (N-methyl/N-ethyl adjacent to an activating group) is 1. The van der Waals surface area contributed by atoms with E-state index in [1.807, 2.05) is 0 Å². The first kappa shape index (κ1) is 17.9. The summed E-state index contributed by atoms with van der Waals surface area (Å²) >= 11 is 0. The zero-order valence-corrected chi connectivity index (χ0v) is 15.9. The molecule has 7 heteroatoms. The van der Waals surface area contributed by atoms with Gasteiger partial charge in [0, 0.05) is 12.5 Å². The van der Waals surface area contributed by atoms with Gasteiger partial charge in [-0.3, -0.25) is 9.69 Å². The Kier molecular flexibility index (Phi) is 3.77. The predicted octanol–water partition coefficient (Wildman–Crippen LogP) is 3.49. The molecule has 4 saturated carbocycles. The first-order valence-corrected chi connectivity index (χ1v) is 10.0. The lowest BCUT2D eigenvalue weighted by Crippen LogP contribution is -2.59. The number of hydrogen-bond donors (Lipinski definition) is 1. The number of nitrogens with two attached hydrogens (primary N) is 1. The van der Waals surface area contributed by atoms with Crippen molar-refractivity contribution in [3.05, 3.63) is 29.8 Å². The van der Waals surface area contributed by atoms with Gasteiger partial charge in [0.05, 0.1) is 0 Å². The fourth-order valence-corrected chi connectivity index (χ4v) is 6.91. The molecule has 0 aromatic heterocycles. The summed E-state index contributed by atoms with van der Waals surface area (Å²) in [4.78, 5) is 19.9. The van der Waals surface area contributed by atoms with Crippen LogP contribution in [0.25, 0.3) is 0 Å². The van der Waals surface area contributed by atoms with Crippen molar-refractivity contribution in [1.29, 1.82) is 0 Å². The first-order chi connectivity index (χ1) is 13.3. The molecule has 0 radical (unpaired) electrons.